The number of anilines is 1. The Balaban J connectivity index is 2.12. The SMILES string of the molecule is COc1ccc(/C=N\Nc2nc(C)c(C(C)=O)s2)c(OC)c1. The summed E-state index contributed by atoms with van der Waals surface area (Å²) < 4.78 is 10.4. The largest absolute Gasteiger partial charge is 0.497 e. The lowest BCUT2D eigenvalue weighted by Crippen LogP contribution is -1.95. The van der Waals surface area contributed by atoms with Crippen molar-refractivity contribution in [2.24, 2.45) is 5.10 Å². The molecule has 1 heterocycles. The Bertz CT molecular complexity index is 710. The van der Waals surface area contributed by atoms with Crippen LogP contribution in [0, 0.1) is 6.92 Å². The van der Waals surface area contributed by atoms with E-state index in [0.29, 0.717) is 27.2 Å². The molecular formula is C15H17N3O3S. The Morgan fingerprint density at radius 2 is 2.14 bits per heavy atom. The van der Waals surface area contributed by atoms with Crippen LogP contribution in [0.25, 0.3) is 0 Å². The number of aromatic nitrogens is 1. The summed E-state index contributed by atoms with van der Waals surface area (Å²) in [6, 6.07) is 5.45. The standard InChI is InChI=1S/C15H17N3O3S/c1-9-14(10(2)19)22-15(17-9)18-16-8-11-5-6-12(20-3)7-13(11)21-4/h5-8H,1-4H3,(H,17,18)/b16-8-. The van der Waals surface area contributed by atoms with Crippen LogP contribution in [0.4, 0.5) is 5.13 Å². The molecule has 0 aliphatic rings. The molecule has 0 saturated carbocycles. The molecular weight excluding hydrogens is 302 g/mol. The molecule has 0 fully saturated rings. The van der Waals surface area contributed by atoms with Gasteiger partial charge in [0.1, 0.15) is 11.5 Å². The summed E-state index contributed by atoms with van der Waals surface area (Å²) in [7, 11) is 3.18. The Labute approximate surface area is 132 Å². The number of ether oxygens (including phenoxy) is 2. The summed E-state index contributed by atoms with van der Waals surface area (Å²) in [6.07, 6.45) is 1.63. The maximum absolute atomic E-state index is 11.4. The Kier molecular flexibility index (Phi) is 5.11. The normalized spacial score (nSPS) is 10.7. The van der Waals surface area contributed by atoms with Crippen LogP contribution in [-0.4, -0.2) is 31.2 Å². The molecule has 1 N–H and O–H groups in total. The molecule has 0 aliphatic heterocycles. The van der Waals surface area contributed by atoms with Gasteiger partial charge < -0.3 is 9.47 Å². The van der Waals surface area contributed by atoms with E-state index in [9.17, 15) is 4.79 Å². The first-order chi connectivity index (χ1) is 10.5. The zero-order valence-electron chi connectivity index (χ0n) is 12.8. The number of benzene rings is 1. The van der Waals surface area contributed by atoms with Gasteiger partial charge in [-0.05, 0) is 19.1 Å². The number of hydrogen-bond donors (Lipinski definition) is 1. The third-order valence-corrected chi connectivity index (χ3v) is 4.08. The fraction of sp³-hybridized carbons (Fsp3) is 0.267. The lowest BCUT2D eigenvalue weighted by molar-refractivity contribution is 0.102. The van der Waals surface area contributed by atoms with Crippen LogP contribution >= 0.6 is 11.3 Å². The number of carbonyl (C=O) groups excluding carboxylic acids is 1. The minimum atomic E-state index is 0.00357. The minimum absolute atomic E-state index is 0.00357. The van der Waals surface area contributed by atoms with Gasteiger partial charge in [0.05, 0.1) is 31.0 Å². The molecule has 1 aromatic carbocycles. The number of carbonyl (C=O) groups is 1. The minimum Gasteiger partial charge on any atom is -0.497 e. The van der Waals surface area contributed by atoms with Gasteiger partial charge in [-0.1, -0.05) is 11.3 Å². The lowest BCUT2D eigenvalue weighted by atomic mass is 10.2. The van der Waals surface area contributed by atoms with Crippen molar-refractivity contribution >= 4 is 28.5 Å². The molecule has 7 heteroatoms. The van der Waals surface area contributed by atoms with Crippen LogP contribution < -0.4 is 14.9 Å². The number of hydrogen-bond acceptors (Lipinski definition) is 7. The molecule has 0 bridgehead atoms. The predicted octanol–water partition coefficient (Wildman–Crippen LogP) is 3.12. The smallest absolute Gasteiger partial charge is 0.204 e. The zero-order chi connectivity index (χ0) is 16.1. The number of hydrazone groups is 1. The monoisotopic (exact) mass is 319 g/mol. The van der Waals surface area contributed by atoms with Gasteiger partial charge in [0, 0.05) is 18.6 Å². The van der Waals surface area contributed by atoms with Gasteiger partial charge in [-0.3, -0.25) is 10.2 Å². The van der Waals surface area contributed by atoms with Gasteiger partial charge in [-0.25, -0.2) is 4.98 Å². The first kappa shape index (κ1) is 16.0. The lowest BCUT2D eigenvalue weighted by Gasteiger charge is -2.06. The van der Waals surface area contributed by atoms with Gasteiger partial charge in [0.25, 0.3) is 0 Å². The third-order valence-electron chi connectivity index (χ3n) is 2.92. The highest BCUT2D eigenvalue weighted by Gasteiger charge is 2.10. The van der Waals surface area contributed by atoms with E-state index in [0.717, 1.165) is 5.56 Å². The van der Waals surface area contributed by atoms with Crippen LogP contribution in [0.3, 0.4) is 0 Å². The first-order valence-electron chi connectivity index (χ1n) is 6.54. The summed E-state index contributed by atoms with van der Waals surface area (Å²) in [6.45, 7) is 3.32. The van der Waals surface area contributed by atoms with Crippen LogP contribution in [0.2, 0.25) is 0 Å². The number of Topliss-reactive ketones (excluding diaryl/α,β-unsaturated/α-hetero) is 1. The highest BCUT2D eigenvalue weighted by Crippen LogP contribution is 2.24. The van der Waals surface area contributed by atoms with E-state index in [1.807, 2.05) is 12.1 Å². The molecule has 6 nitrogen and oxygen atoms in total. The topological polar surface area (TPSA) is 72.8 Å². The number of aryl methyl sites for hydroxylation is 1. The summed E-state index contributed by atoms with van der Waals surface area (Å²) in [5, 5.41) is 4.71. The van der Waals surface area contributed by atoms with Crippen molar-refractivity contribution in [3.8, 4) is 11.5 Å². The average molecular weight is 319 g/mol. The molecule has 0 spiro atoms. The Morgan fingerprint density at radius 3 is 2.73 bits per heavy atom. The van der Waals surface area contributed by atoms with Crippen molar-refractivity contribution in [2.75, 3.05) is 19.6 Å². The average Bonchev–Trinajstić information content (AvgIpc) is 2.88. The van der Waals surface area contributed by atoms with E-state index in [4.69, 9.17) is 9.47 Å². The number of ketones is 1. The van der Waals surface area contributed by atoms with Crippen LogP contribution in [-0.2, 0) is 0 Å². The summed E-state index contributed by atoms with van der Waals surface area (Å²) >= 11 is 1.28. The van der Waals surface area contributed by atoms with E-state index in [1.165, 1.54) is 18.3 Å². The van der Waals surface area contributed by atoms with Gasteiger partial charge in [0.15, 0.2) is 5.78 Å². The fourth-order valence-corrected chi connectivity index (χ4v) is 2.66. The maximum atomic E-state index is 11.4. The Hall–Kier alpha value is -2.41. The predicted molar refractivity (Wildman–Crippen MR) is 87.6 cm³/mol. The molecule has 0 atom stereocenters. The summed E-state index contributed by atoms with van der Waals surface area (Å²) in [5.41, 5.74) is 4.33. The molecule has 0 unspecified atom stereocenters. The molecule has 22 heavy (non-hydrogen) atoms. The summed E-state index contributed by atoms with van der Waals surface area (Å²) in [4.78, 5) is 16.3. The molecule has 2 aromatic rings. The van der Waals surface area contributed by atoms with Gasteiger partial charge in [-0.2, -0.15) is 5.10 Å². The molecule has 1 aromatic heterocycles. The molecule has 0 amide bonds. The van der Waals surface area contributed by atoms with Crippen molar-refractivity contribution in [2.45, 2.75) is 13.8 Å². The van der Waals surface area contributed by atoms with Gasteiger partial charge >= 0.3 is 0 Å². The second-order valence-corrected chi connectivity index (χ2v) is 5.47. The van der Waals surface area contributed by atoms with Gasteiger partial charge in [0.2, 0.25) is 5.13 Å². The van der Waals surface area contributed by atoms with E-state index >= 15 is 0 Å². The number of methoxy groups -OCH3 is 2. The number of nitrogens with zero attached hydrogens (tertiary/aromatic N) is 2. The number of thiazole rings is 1. The van der Waals surface area contributed by atoms with Crippen molar-refractivity contribution < 1.29 is 14.3 Å². The highest BCUT2D eigenvalue weighted by atomic mass is 32.1. The molecule has 116 valence electrons. The van der Waals surface area contributed by atoms with E-state index in [2.05, 4.69) is 15.5 Å². The van der Waals surface area contributed by atoms with E-state index < -0.39 is 0 Å². The fourth-order valence-electron chi connectivity index (χ4n) is 1.85. The third kappa shape index (κ3) is 3.62. The van der Waals surface area contributed by atoms with Crippen molar-refractivity contribution in [1.82, 2.24) is 4.98 Å². The van der Waals surface area contributed by atoms with Crippen molar-refractivity contribution in [3.05, 3.63) is 34.3 Å². The molecule has 0 saturated heterocycles. The number of nitrogens with one attached hydrogen (secondary N) is 1. The first-order valence-corrected chi connectivity index (χ1v) is 7.36. The Morgan fingerprint density at radius 1 is 1.36 bits per heavy atom. The second kappa shape index (κ2) is 7.04. The van der Waals surface area contributed by atoms with E-state index in [-0.39, 0.29) is 5.78 Å². The maximum Gasteiger partial charge on any atom is 0.204 e. The summed E-state index contributed by atoms with van der Waals surface area (Å²) in [5.74, 6) is 1.37. The van der Waals surface area contributed by atoms with E-state index in [1.54, 1.807) is 33.4 Å². The zero-order valence-corrected chi connectivity index (χ0v) is 13.7. The van der Waals surface area contributed by atoms with Crippen LogP contribution in [0.1, 0.15) is 27.9 Å². The van der Waals surface area contributed by atoms with Crippen LogP contribution in [0.5, 0.6) is 11.5 Å². The van der Waals surface area contributed by atoms with Crippen molar-refractivity contribution in [3.63, 3.8) is 0 Å². The van der Waals surface area contributed by atoms with Gasteiger partial charge in [-0.15, -0.1) is 0 Å². The quantitative estimate of drug-likeness (QED) is 0.503. The highest BCUT2D eigenvalue weighted by molar-refractivity contribution is 7.17. The second-order valence-electron chi connectivity index (χ2n) is 4.47. The molecule has 0 radical (unpaired) electrons. The van der Waals surface area contributed by atoms with Crippen molar-refractivity contribution in [1.29, 1.82) is 0 Å². The number of rotatable bonds is 6. The van der Waals surface area contributed by atoms with Crippen LogP contribution in [0.15, 0.2) is 23.3 Å². The molecule has 0 aliphatic carbocycles. The molecule has 2 rings (SSSR count).